The number of carbonyl (C=O) groups is 2. The molecule has 3 amide bonds. The van der Waals surface area contributed by atoms with Crippen LogP contribution in [-0.2, 0) is 6.54 Å². The van der Waals surface area contributed by atoms with Crippen LogP contribution in [0.3, 0.4) is 0 Å². The second-order valence-electron chi connectivity index (χ2n) is 4.23. The van der Waals surface area contributed by atoms with Crippen LogP contribution in [0.15, 0.2) is 54.6 Å². The van der Waals surface area contributed by atoms with Crippen LogP contribution in [0.5, 0.6) is 0 Å². The molecule has 102 valence electrons. The van der Waals surface area contributed by atoms with E-state index in [0.717, 1.165) is 5.56 Å². The van der Waals surface area contributed by atoms with E-state index in [2.05, 4.69) is 10.6 Å². The number of rotatable bonds is 4. The summed E-state index contributed by atoms with van der Waals surface area (Å²) in [5, 5.41) is 5.42. The van der Waals surface area contributed by atoms with Gasteiger partial charge in [0.05, 0.1) is 0 Å². The Kier molecular flexibility index (Phi) is 4.34. The van der Waals surface area contributed by atoms with Gasteiger partial charge in [-0.1, -0.05) is 30.3 Å². The summed E-state index contributed by atoms with van der Waals surface area (Å²) >= 11 is 0. The number of nitrogens with one attached hydrogen (secondary N) is 2. The lowest BCUT2D eigenvalue weighted by atomic mass is 10.2. The van der Waals surface area contributed by atoms with E-state index in [1.165, 1.54) is 0 Å². The van der Waals surface area contributed by atoms with Gasteiger partial charge in [-0.2, -0.15) is 0 Å². The number of anilines is 1. The maximum atomic E-state index is 11.7. The van der Waals surface area contributed by atoms with Gasteiger partial charge in [0.2, 0.25) is 5.91 Å². The van der Waals surface area contributed by atoms with Gasteiger partial charge in [-0.05, 0) is 29.8 Å². The molecule has 0 atom stereocenters. The molecule has 0 bridgehead atoms. The van der Waals surface area contributed by atoms with Crippen molar-refractivity contribution in [3.05, 3.63) is 65.7 Å². The maximum absolute atomic E-state index is 11.7. The monoisotopic (exact) mass is 269 g/mol. The third-order valence-corrected chi connectivity index (χ3v) is 2.72. The summed E-state index contributed by atoms with van der Waals surface area (Å²) in [6, 6.07) is 15.7. The van der Waals surface area contributed by atoms with E-state index < -0.39 is 5.91 Å². The highest BCUT2D eigenvalue weighted by molar-refractivity contribution is 5.94. The first-order valence-corrected chi connectivity index (χ1v) is 6.14. The standard InChI is InChI=1S/C15H15N3O2/c16-14(19)12-6-8-13(9-7-12)18-15(20)17-10-11-4-2-1-3-5-11/h1-9H,10H2,(H2,16,19)(H2,17,18,20). The van der Waals surface area contributed by atoms with Crippen molar-refractivity contribution < 1.29 is 9.59 Å². The lowest BCUT2D eigenvalue weighted by Crippen LogP contribution is -2.28. The Morgan fingerprint density at radius 2 is 1.60 bits per heavy atom. The molecular formula is C15H15N3O2. The Morgan fingerprint density at radius 1 is 0.950 bits per heavy atom. The molecule has 0 aromatic heterocycles. The van der Waals surface area contributed by atoms with Crippen LogP contribution in [0.25, 0.3) is 0 Å². The average molecular weight is 269 g/mol. The Balaban J connectivity index is 1.86. The molecule has 2 rings (SSSR count). The molecule has 0 fully saturated rings. The van der Waals surface area contributed by atoms with Gasteiger partial charge in [0, 0.05) is 17.8 Å². The molecule has 20 heavy (non-hydrogen) atoms. The van der Waals surface area contributed by atoms with E-state index in [1.54, 1.807) is 24.3 Å². The molecule has 2 aromatic carbocycles. The summed E-state index contributed by atoms with van der Waals surface area (Å²) in [7, 11) is 0. The lowest BCUT2D eigenvalue weighted by molar-refractivity contribution is 0.100. The molecule has 5 nitrogen and oxygen atoms in total. The number of urea groups is 1. The van der Waals surface area contributed by atoms with Crippen molar-refractivity contribution in [1.29, 1.82) is 0 Å². The highest BCUT2D eigenvalue weighted by atomic mass is 16.2. The van der Waals surface area contributed by atoms with E-state index >= 15 is 0 Å². The minimum Gasteiger partial charge on any atom is -0.366 e. The van der Waals surface area contributed by atoms with Crippen molar-refractivity contribution in [2.24, 2.45) is 5.73 Å². The minimum atomic E-state index is -0.495. The Hall–Kier alpha value is -2.82. The van der Waals surface area contributed by atoms with E-state index in [0.29, 0.717) is 17.8 Å². The zero-order valence-corrected chi connectivity index (χ0v) is 10.8. The number of primary amides is 1. The zero-order chi connectivity index (χ0) is 14.4. The topological polar surface area (TPSA) is 84.2 Å². The normalized spacial score (nSPS) is 9.80. The van der Waals surface area contributed by atoms with Crippen molar-refractivity contribution in [2.45, 2.75) is 6.54 Å². The number of hydrogen-bond donors (Lipinski definition) is 3. The fourth-order valence-corrected chi connectivity index (χ4v) is 1.67. The molecule has 0 aliphatic heterocycles. The van der Waals surface area contributed by atoms with Crippen LogP contribution in [0, 0.1) is 0 Å². The number of amides is 3. The average Bonchev–Trinajstić information content (AvgIpc) is 2.47. The second kappa shape index (κ2) is 6.38. The van der Waals surface area contributed by atoms with Crippen LogP contribution in [0.1, 0.15) is 15.9 Å². The van der Waals surface area contributed by atoms with Gasteiger partial charge in [0.25, 0.3) is 0 Å². The number of carbonyl (C=O) groups excluding carboxylic acids is 2. The van der Waals surface area contributed by atoms with E-state index in [9.17, 15) is 9.59 Å². The van der Waals surface area contributed by atoms with Crippen molar-refractivity contribution in [2.75, 3.05) is 5.32 Å². The van der Waals surface area contributed by atoms with Gasteiger partial charge in [-0.3, -0.25) is 4.79 Å². The first-order chi connectivity index (χ1) is 9.65. The summed E-state index contributed by atoms with van der Waals surface area (Å²) < 4.78 is 0. The molecule has 0 radical (unpaired) electrons. The van der Waals surface area contributed by atoms with Crippen LogP contribution in [-0.4, -0.2) is 11.9 Å². The summed E-state index contributed by atoms with van der Waals surface area (Å²) in [6.45, 7) is 0.450. The SMILES string of the molecule is NC(=O)c1ccc(NC(=O)NCc2ccccc2)cc1. The van der Waals surface area contributed by atoms with Gasteiger partial charge in [0.1, 0.15) is 0 Å². The van der Waals surface area contributed by atoms with Gasteiger partial charge in [-0.15, -0.1) is 0 Å². The molecule has 0 unspecified atom stereocenters. The van der Waals surface area contributed by atoms with Crippen LogP contribution in [0.2, 0.25) is 0 Å². The maximum Gasteiger partial charge on any atom is 0.319 e. The molecule has 4 N–H and O–H groups in total. The summed E-state index contributed by atoms with van der Waals surface area (Å²) in [4.78, 5) is 22.6. The van der Waals surface area contributed by atoms with Gasteiger partial charge >= 0.3 is 6.03 Å². The number of benzene rings is 2. The highest BCUT2D eigenvalue weighted by Gasteiger charge is 2.03. The van der Waals surface area contributed by atoms with Crippen molar-refractivity contribution >= 4 is 17.6 Å². The van der Waals surface area contributed by atoms with E-state index in [1.807, 2.05) is 30.3 Å². The fraction of sp³-hybridized carbons (Fsp3) is 0.0667. The quantitative estimate of drug-likeness (QED) is 0.794. The molecule has 5 heteroatoms. The molecular weight excluding hydrogens is 254 g/mol. The van der Waals surface area contributed by atoms with Crippen molar-refractivity contribution in [3.63, 3.8) is 0 Å². The van der Waals surface area contributed by atoms with Gasteiger partial charge in [0.15, 0.2) is 0 Å². The van der Waals surface area contributed by atoms with Crippen LogP contribution < -0.4 is 16.4 Å². The molecule has 0 heterocycles. The number of hydrogen-bond acceptors (Lipinski definition) is 2. The molecule has 0 aliphatic carbocycles. The first-order valence-electron chi connectivity index (χ1n) is 6.14. The predicted molar refractivity (Wildman–Crippen MR) is 77.3 cm³/mol. The summed E-state index contributed by atoms with van der Waals surface area (Å²) in [5.41, 5.74) is 7.16. The number of nitrogens with two attached hydrogens (primary N) is 1. The third kappa shape index (κ3) is 3.84. The largest absolute Gasteiger partial charge is 0.366 e. The second-order valence-corrected chi connectivity index (χ2v) is 4.23. The lowest BCUT2D eigenvalue weighted by Gasteiger charge is -2.08. The fourth-order valence-electron chi connectivity index (χ4n) is 1.67. The molecule has 2 aromatic rings. The molecule has 0 aliphatic rings. The zero-order valence-electron chi connectivity index (χ0n) is 10.8. The molecule has 0 saturated carbocycles. The van der Waals surface area contributed by atoms with Crippen LogP contribution in [0.4, 0.5) is 10.5 Å². The van der Waals surface area contributed by atoms with Gasteiger partial charge < -0.3 is 16.4 Å². The summed E-state index contributed by atoms with van der Waals surface area (Å²) in [6.07, 6.45) is 0. The van der Waals surface area contributed by atoms with E-state index in [-0.39, 0.29) is 6.03 Å². The highest BCUT2D eigenvalue weighted by Crippen LogP contribution is 2.09. The molecule has 0 saturated heterocycles. The predicted octanol–water partition coefficient (Wildman–Crippen LogP) is 2.11. The van der Waals surface area contributed by atoms with Crippen molar-refractivity contribution in [3.8, 4) is 0 Å². The minimum absolute atomic E-state index is 0.305. The Morgan fingerprint density at radius 3 is 2.20 bits per heavy atom. The third-order valence-electron chi connectivity index (χ3n) is 2.72. The summed E-state index contributed by atoms with van der Waals surface area (Å²) in [5.74, 6) is -0.495. The first kappa shape index (κ1) is 13.6. The van der Waals surface area contributed by atoms with Crippen molar-refractivity contribution in [1.82, 2.24) is 5.32 Å². The van der Waals surface area contributed by atoms with Crippen LogP contribution >= 0.6 is 0 Å². The Bertz CT molecular complexity index is 594. The Labute approximate surface area is 116 Å². The smallest absolute Gasteiger partial charge is 0.319 e. The van der Waals surface area contributed by atoms with E-state index in [4.69, 9.17) is 5.73 Å². The molecule has 0 spiro atoms. The van der Waals surface area contributed by atoms with Gasteiger partial charge in [-0.25, -0.2) is 4.79 Å².